The van der Waals surface area contributed by atoms with E-state index in [-0.39, 0.29) is 6.10 Å². The maximum Gasteiger partial charge on any atom is 0.405 e. The molecular formula is C8H10N2O2. The van der Waals surface area contributed by atoms with Gasteiger partial charge in [-0.1, -0.05) is 6.08 Å². The Morgan fingerprint density at radius 3 is 3.25 bits per heavy atom. The molecule has 1 atom stereocenters. The Balaban J connectivity index is 2.10. The van der Waals surface area contributed by atoms with Gasteiger partial charge in [-0.25, -0.2) is 4.79 Å². The summed E-state index contributed by atoms with van der Waals surface area (Å²) < 4.78 is 4.88. The van der Waals surface area contributed by atoms with Crippen molar-refractivity contribution in [2.75, 3.05) is 13.1 Å². The molecule has 0 aromatic heterocycles. The van der Waals surface area contributed by atoms with E-state index in [1.165, 1.54) is 5.57 Å². The van der Waals surface area contributed by atoms with E-state index in [1.54, 1.807) is 0 Å². The van der Waals surface area contributed by atoms with Gasteiger partial charge in [0.15, 0.2) is 0 Å². The molecule has 0 radical (unpaired) electrons. The molecule has 0 aromatic rings. The van der Waals surface area contributed by atoms with Crippen LogP contribution in [0.5, 0.6) is 0 Å². The van der Waals surface area contributed by atoms with Crippen LogP contribution in [0, 0.1) is 0 Å². The summed E-state index contributed by atoms with van der Waals surface area (Å²) in [5, 5.41) is 3.17. The van der Waals surface area contributed by atoms with Crippen LogP contribution in [0.3, 0.4) is 0 Å². The average molecular weight is 166 g/mol. The van der Waals surface area contributed by atoms with Gasteiger partial charge >= 0.3 is 6.09 Å². The minimum Gasteiger partial charge on any atom is -0.437 e. The Kier molecular flexibility index (Phi) is 1.62. The number of amides is 1. The molecule has 0 fully saturated rings. The van der Waals surface area contributed by atoms with Crippen molar-refractivity contribution in [1.29, 1.82) is 0 Å². The van der Waals surface area contributed by atoms with Gasteiger partial charge in [0.05, 0.1) is 0 Å². The fourth-order valence-electron chi connectivity index (χ4n) is 1.56. The normalized spacial score (nSPS) is 26.2. The minimum atomic E-state index is -0.717. The number of rotatable bonds is 1. The SMILES string of the molecule is NC(=O)OC1C=CC2=C1CNC2. The average Bonchev–Trinajstić information content (AvgIpc) is 2.52. The topological polar surface area (TPSA) is 64.4 Å². The fourth-order valence-corrected chi connectivity index (χ4v) is 1.56. The van der Waals surface area contributed by atoms with E-state index in [0.29, 0.717) is 0 Å². The Labute approximate surface area is 70.1 Å². The summed E-state index contributed by atoms with van der Waals surface area (Å²) in [5.74, 6) is 0. The molecule has 0 spiro atoms. The summed E-state index contributed by atoms with van der Waals surface area (Å²) in [7, 11) is 0. The molecule has 1 unspecified atom stereocenters. The number of nitrogens with one attached hydrogen (secondary N) is 1. The molecule has 0 bridgehead atoms. The first-order valence-electron chi connectivity index (χ1n) is 3.84. The van der Waals surface area contributed by atoms with Crippen molar-refractivity contribution in [2.45, 2.75) is 6.10 Å². The number of primary amides is 1. The van der Waals surface area contributed by atoms with Crippen LogP contribution in [-0.4, -0.2) is 25.3 Å². The summed E-state index contributed by atoms with van der Waals surface area (Å²) in [6.45, 7) is 1.66. The second kappa shape index (κ2) is 2.64. The first kappa shape index (κ1) is 7.36. The molecule has 0 saturated carbocycles. The molecule has 4 nitrogen and oxygen atoms in total. The van der Waals surface area contributed by atoms with Crippen LogP contribution in [0.2, 0.25) is 0 Å². The molecule has 2 aliphatic rings. The second-order valence-corrected chi connectivity index (χ2v) is 2.87. The van der Waals surface area contributed by atoms with Crippen LogP contribution in [0.25, 0.3) is 0 Å². The first-order chi connectivity index (χ1) is 5.77. The Morgan fingerprint density at radius 2 is 2.50 bits per heavy atom. The summed E-state index contributed by atoms with van der Waals surface area (Å²) in [6, 6.07) is 0. The molecule has 4 heteroatoms. The molecular weight excluding hydrogens is 156 g/mol. The molecule has 3 N–H and O–H groups in total. The number of hydrogen-bond acceptors (Lipinski definition) is 3. The molecule has 64 valence electrons. The molecule has 1 heterocycles. The largest absolute Gasteiger partial charge is 0.437 e. The standard InChI is InChI=1S/C8H10N2O2/c9-8(11)12-7-2-1-5-3-10-4-6(5)7/h1-2,7,10H,3-4H2,(H2,9,11). The maximum atomic E-state index is 10.5. The predicted molar refractivity (Wildman–Crippen MR) is 43.5 cm³/mol. The molecule has 1 aliphatic heterocycles. The Bertz CT molecular complexity index is 281. The summed E-state index contributed by atoms with van der Waals surface area (Å²) in [6.07, 6.45) is 2.89. The molecule has 12 heavy (non-hydrogen) atoms. The van der Waals surface area contributed by atoms with Gasteiger partial charge in [0, 0.05) is 13.1 Å². The van der Waals surface area contributed by atoms with Crippen molar-refractivity contribution in [3.05, 3.63) is 23.3 Å². The van der Waals surface area contributed by atoms with Crippen molar-refractivity contribution in [3.8, 4) is 0 Å². The maximum absolute atomic E-state index is 10.5. The third kappa shape index (κ3) is 1.10. The van der Waals surface area contributed by atoms with E-state index in [1.807, 2.05) is 12.2 Å². The van der Waals surface area contributed by atoms with Gasteiger partial charge < -0.3 is 15.8 Å². The van der Waals surface area contributed by atoms with Gasteiger partial charge in [0.25, 0.3) is 0 Å². The second-order valence-electron chi connectivity index (χ2n) is 2.87. The third-order valence-electron chi connectivity index (χ3n) is 2.10. The van der Waals surface area contributed by atoms with E-state index in [4.69, 9.17) is 10.5 Å². The van der Waals surface area contributed by atoms with Gasteiger partial charge in [-0.2, -0.15) is 0 Å². The Hall–Kier alpha value is -1.29. The number of ether oxygens (including phenoxy) is 1. The summed E-state index contributed by atoms with van der Waals surface area (Å²) in [5.41, 5.74) is 7.27. The van der Waals surface area contributed by atoms with Crippen molar-refractivity contribution >= 4 is 6.09 Å². The van der Waals surface area contributed by atoms with Crippen LogP contribution in [0.15, 0.2) is 23.3 Å². The molecule has 2 rings (SSSR count). The lowest BCUT2D eigenvalue weighted by molar-refractivity contribution is 0.143. The summed E-state index contributed by atoms with van der Waals surface area (Å²) >= 11 is 0. The van der Waals surface area contributed by atoms with E-state index in [9.17, 15) is 4.79 Å². The van der Waals surface area contributed by atoms with E-state index >= 15 is 0 Å². The van der Waals surface area contributed by atoms with Crippen molar-refractivity contribution in [1.82, 2.24) is 5.32 Å². The van der Waals surface area contributed by atoms with Crippen LogP contribution in [-0.2, 0) is 4.74 Å². The molecule has 1 aliphatic carbocycles. The highest BCUT2D eigenvalue weighted by molar-refractivity contribution is 5.66. The van der Waals surface area contributed by atoms with E-state index < -0.39 is 6.09 Å². The van der Waals surface area contributed by atoms with Crippen LogP contribution in [0.4, 0.5) is 4.79 Å². The van der Waals surface area contributed by atoms with Gasteiger partial charge in [0.1, 0.15) is 6.10 Å². The van der Waals surface area contributed by atoms with Gasteiger partial charge in [0.2, 0.25) is 0 Å². The fraction of sp³-hybridized carbons (Fsp3) is 0.375. The van der Waals surface area contributed by atoms with Crippen molar-refractivity contribution in [2.24, 2.45) is 5.73 Å². The third-order valence-corrected chi connectivity index (χ3v) is 2.10. The van der Waals surface area contributed by atoms with Crippen molar-refractivity contribution in [3.63, 3.8) is 0 Å². The van der Waals surface area contributed by atoms with Gasteiger partial charge in [-0.05, 0) is 17.2 Å². The zero-order valence-corrected chi connectivity index (χ0v) is 6.54. The summed E-state index contributed by atoms with van der Waals surface area (Å²) in [4.78, 5) is 10.5. The molecule has 0 saturated heterocycles. The van der Waals surface area contributed by atoms with Gasteiger partial charge in [-0.15, -0.1) is 0 Å². The monoisotopic (exact) mass is 166 g/mol. The minimum absolute atomic E-state index is 0.229. The van der Waals surface area contributed by atoms with Crippen LogP contribution in [0.1, 0.15) is 0 Å². The lowest BCUT2D eigenvalue weighted by atomic mass is 10.2. The Morgan fingerprint density at radius 1 is 1.67 bits per heavy atom. The first-order valence-corrected chi connectivity index (χ1v) is 3.84. The molecule has 0 aromatic carbocycles. The zero-order valence-electron chi connectivity index (χ0n) is 6.54. The predicted octanol–water partition coefficient (Wildman–Crippen LogP) is -0.0801. The van der Waals surface area contributed by atoms with Crippen LogP contribution >= 0.6 is 0 Å². The highest BCUT2D eigenvalue weighted by Gasteiger charge is 2.26. The van der Waals surface area contributed by atoms with Gasteiger partial charge in [-0.3, -0.25) is 0 Å². The lowest BCUT2D eigenvalue weighted by Gasteiger charge is -2.10. The van der Waals surface area contributed by atoms with Crippen LogP contribution < -0.4 is 11.1 Å². The number of hydrogen-bond donors (Lipinski definition) is 2. The van der Waals surface area contributed by atoms with E-state index in [0.717, 1.165) is 18.7 Å². The van der Waals surface area contributed by atoms with Crippen molar-refractivity contribution < 1.29 is 9.53 Å². The smallest absolute Gasteiger partial charge is 0.405 e. The van der Waals surface area contributed by atoms with E-state index in [2.05, 4.69) is 5.32 Å². The number of carbonyl (C=O) groups excluding carboxylic acids is 1. The quantitative estimate of drug-likeness (QED) is 0.572. The highest BCUT2D eigenvalue weighted by atomic mass is 16.6. The number of carbonyl (C=O) groups is 1. The zero-order chi connectivity index (χ0) is 8.55. The highest BCUT2D eigenvalue weighted by Crippen LogP contribution is 2.24. The lowest BCUT2D eigenvalue weighted by Crippen LogP contribution is -2.24. The molecule has 1 amide bonds. The number of nitrogens with two attached hydrogens (primary N) is 1.